The van der Waals surface area contributed by atoms with Crippen molar-refractivity contribution < 1.29 is 9.59 Å². The Balaban J connectivity index is 4.35. The average molecular weight is 182 g/mol. The number of allylic oxidation sites excluding steroid dienone is 2. The predicted octanol–water partition coefficient (Wildman–Crippen LogP) is 2.53. The second kappa shape index (κ2) is 6.58. The van der Waals surface area contributed by atoms with Gasteiger partial charge in [-0.2, -0.15) is 0 Å². The van der Waals surface area contributed by atoms with E-state index in [1.54, 1.807) is 13.8 Å². The monoisotopic (exact) mass is 182 g/mol. The molecule has 13 heavy (non-hydrogen) atoms. The molecule has 0 radical (unpaired) electrons. The van der Waals surface area contributed by atoms with Gasteiger partial charge in [0.05, 0.1) is 5.92 Å². The average Bonchev–Trinajstić information content (AvgIpc) is 2.17. The highest BCUT2D eigenvalue weighted by atomic mass is 16.1. The molecular formula is C11H18O2. The Hall–Kier alpha value is -0.920. The minimum absolute atomic E-state index is 0.0601. The molecule has 0 aromatic heterocycles. The summed E-state index contributed by atoms with van der Waals surface area (Å²) in [6.07, 6.45) is 5.22. The zero-order valence-electron chi connectivity index (χ0n) is 8.67. The number of ketones is 2. The van der Waals surface area contributed by atoms with Crippen LogP contribution in [0.1, 0.15) is 40.0 Å². The summed E-state index contributed by atoms with van der Waals surface area (Å²) in [5.74, 6) is -0.277. The minimum Gasteiger partial charge on any atom is -0.299 e. The minimum atomic E-state index is -0.397. The summed E-state index contributed by atoms with van der Waals surface area (Å²) in [4.78, 5) is 22.7. The van der Waals surface area contributed by atoms with Crippen LogP contribution >= 0.6 is 0 Å². The fourth-order valence-electron chi connectivity index (χ4n) is 1.21. The molecule has 2 nitrogen and oxygen atoms in total. The van der Waals surface area contributed by atoms with E-state index in [2.05, 4.69) is 0 Å². The van der Waals surface area contributed by atoms with Gasteiger partial charge in [0.1, 0.15) is 11.6 Å². The predicted molar refractivity (Wildman–Crippen MR) is 53.5 cm³/mol. The van der Waals surface area contributed by atoms with Crippen LogP contribution in [0.15, 0.2) is 12.2 Å². The summed E-state index contributed by atoms with van der Waals surface area (Å²) in [7, 11) is 0. The molecule has 0 aliphatic carbocycles. The van der Waals surface area contributed by atoms with Crippen molar-refractivity contribution in [1.29, 1.82) is 0 Å². The molecule has 0 bridgehead atoms. The summed E-state index contributed by atoms with van der Waals surface area (Å²) < 4.78 is 0. The fraction of sp³-hybridized carbons (Fsp3) is 0.636. The van der Waals surface area contributed by atoms with Crippen LogP contribution in [-0.4, -0.2) is 11.6 Å². The highest BCUT2D eigenvalue weighted by Gasteiger charge is 2.21. The molecule has 0 amide bonds. The smallest absolute Gasteiger partial charge is 0.143 e. The van der Waals surface area contributed by atoms with Crippen LogP contribution in [0, 0.1) is 5.92 Å². The Morgan fingerprint density at radius 1 is 1.15 bits per heavy atom. The first-order valence-electron chi connectivity index (χ1n) is 4.83. The van der Waals surface area contributed by atoms with Gasteiger partial charge in [-0.1, -0.05) is 26.0 Å². The lowest BCUT2D eigenvalue weighted by molar-refractivity contribution is -0.132. The molecule has 0 atom stereocenters. The maximum Gasteiger partial charge on any atom is 0.143 e. The molecule has 0 aromatic rings. The van der Waals surface area contributed by atoms with Gasteiger partial charge in [-0.15, -0.1) is 0 Å². The van der Waals surface area contributed by atoms with E-state index in [4.69, 9.17) is 0 Å². The maximum absolute atomic E-state index is 11.4. The van der Waals surface area contributed by atoms with E-state index in [0.717, 1.165) is 0 Å². The molecule has 0 fully saturated rings. The zero-order valence-corrected chi connectivity index (χ0v) is 8.67. The molecule has 0 N–H and O–H groups in total. The summed E-state index contributed by atoms with van der Waals surface area (Å²) in [6.45, 7) is 5.49. The Labute approximate surface area is 80.0 Å². The van der Waals surface area contributed by atoms with Crippen LogP contribution in [0.25, 0.3) is 0 Å². The Morgan fingerprint density at radius 3 is 1.92 bits per heavy atom. The van der Waals surface area contributed by atoms with E-state index in [1.807, 2.05) is 19.1 Å². The van der Waals surface area contributed by atoms with Crippen LogP contribution in [0.5, 0.6) is 0 Å². The molecule has 0 rings (SSSR count). The summed E-state index contributed by atoms with van der Waals surface area (Å²) in [5.41, 5.74) is 0. The van der Waals surface area contributed by atoms with Crippen molar-refractivity contribution in [3.05, 3.63) is 12.2 Å². The van der Waals surface area contributed by atoms with Gasteiger partial charge < -0.3 is 0 Å². The van der Waals surface area contributed by atoms with Crippen LogP contribution < -0.4 is 0 Å². The van der Waals surface area contributed by atoms with Crippen LogP contribution in [0.4, 0.5) is 0 Å². The van der Waals surface area contributed by atoms with E-state index < -0.39 is 5.92 Å². The number of hydrogen-bond donors (Lipinski definition) is 0. The third-order valence-corrected chi connectivity index (χ3v) is 2.08. The topological polar surface area (TPSA) is 34.1 Å². The molecule has 0 aliphatic rings. The Bertz CT molecular complexity index is 188. The number of carbonyl (C=O) groups is 2. The van der Waals surface area contributed by atoms with Gasteiger partial charge in [0.15, 0.2) is 0 Å². The van der Waals surface area contributed by atoms with Gasteiger partial charge in [0.2, 0.25) is 0 Å². The molecule has 0 saturated heterocycles. The molecule has 0 unspecified atom stereocenters. The normalized spacial score (nSPS) is 11.1. The van der Waals surface area contributed by atoms with Crippen molar-refractivity contribution in [2.24, 2.45) is 5.92 Å². The number of hydrogen-bond acceptors (Lipinski definition) is 2. The second-order valence-electron chi connectivity index (χ2n) is 3.00. The van der Waals surface area contributed by atoms with Crippen molar-refractivity contribution in [2.75, 3.05) is 0 Å². The van der Waals surface area contributed by atoms with E-state index in [0.29, 0.717) is 19.3 Å². The molecule has 0 spiro atoms. The molecule has 0 saturated carbocycles. The van der Waals surface area contributed by atoms with Gasteiger partial charge in [0.25, 0.3) is 0 Å². The maximum atomic E-state index is 11.4. The van der Waals surface area contributed by atoms with Crippen LogP contribution in [0.3, 0.4) is 0 Å². The first kappa shape index (κ1) is 12.1. The third kappa shape index (κ3) is 4.02. The standard InChI is InChI=1S/C11H18O2/c1-4-7-8-9(10(12)5-2)11(13)6-3/h4,7,9H,5-6,8H2,1-3H3/b7-4+. The highest BCUT2D eigenvalue weighted by Crippen LogP contribution is 2.11. The van der Waals surface area contributed by atoms with Crippen molar-refractivity contribution >= 4 is 11.6 Å². The molecule has 0 aliphatic heterocycles. The van der Waals surface area contributed by atoms with Gasteiger partial charge in [-0.05, 0) is 13.3 Å². The zero-order chi connectivity index (χ0) is 10.3. The largest absolute Gasteiger partial charge is 0.299 e. The quantitative estimate of drug-likeness (QED) is 0.467. The number of carbonyl (C=O) groups excluding carboxylic acids is 2. The van der Waals surface area contributed by atoms with Crippen molar-refractivity contribution in [2.45, 2.75) is 40.0 Å². The van der Waals surface area contributed by atoms with Crippen LogP contribution in [-0.2, 0) is 9.59 Å². The Morgan fingerprint density at radius 2 is 1.62 bits per heavy atom. The summed E-state index contributed by atoms with van der Waals surface area (Å²) in [6, 6.07) is 0. The number of rotatable bonds is 6. The highest BCUT2D eigenvalue weighted by molar-refractivity contribution is 6.02. The van der Waals surface area contributed by atoms with Gasteiger partial charge in [0, 0.05) is 12.8 Å². The lowest BCUT2D eigenvalue weighted by atomic mass is 9.92. The molecule has 0 heterocycles. The Kier molecular flexibility index (Phi) is 6.11. The molecule has 74 valence electrons. The number of Topliss-reactive ketones (excluding diaryl/α,β-unsaturated/α-hetero) is 2. The SMILES string of the molecule is C/C=C/CC(C(=O)CC)C(=O)CC. The lowest BCUT2D eigenvalue weighted by Gasteiger charge is -2.09. The third-order valence-electron chi connectivity index (χ3n) is 2.08. The first-order chi connectivity index (χ1) is 6.17. The van der Waals surface area contributed by atoms with E-state index in [9.17, 15) is 9.59 Å². The van der Waals surface area contributed by atoms with E-state index in [1.165, 1.54) is 0 Å². The summed E-state index contributed by atoms with van der Waals surface area (Å²) in [5, 5.41) is 0. The van der Waals surface area contributed by atoms with Crippen molar-refractivity contribution in [3.8, 4) is 0 Å². The van der Waals surface area contributed by atoms with E-state index in [-0.39, 0.29) is 11.6 Å². The van der Waals surface area contributed by atoms with E-state index >= 15 is 0 Å². The van der Waals surface area contributed by atoms with Gasteiger partial charge in [-0.25, -0.2) is 0 Å². The van der Waals surface area contributed by atoms with Crippen LogP contribution in [0.2, 0.25) is 0 Å². The first-order valence-corrected chi connectivity index (χ1v) is 4.83. The molecular weight excluding hydrogens is 164 g/mol. The molecule has 2 heteroatoms. The van der Waals surface area contributed by atoms with Gasteiger partial charge >= 0.3 is 0 Å². The second-order valence-corrected chi connectivity index (χ2v) is 3.00. The van der Waals surface area contributed by atoms with Crippen molar-refractivity contribution in [3.63, 3.8) is 0 Å². The lowest BCUT2D eigenvalue weighted by Crippen LogP contribution is -2.22. The van der Waals surface area contributed by atoms with Crippen molar-refractivity contribution in [1.82, 2.24) is 0 Å². The summed E-state index contributed by atoms with van der Waals surface area (Å²) >= 11 is 0. The fourth-order valence-corrected chi connectivity index (χ4v) is 1.21. The van der Waals surface area contributed by atoms with Gasteiger partial charge in [-0.3, -0.25) is 9.59 Å². The molecule has 0 aromatic carbocycles.